The van der Waals surface area contributed by atoms with Crippen LogP contribution in [0.15, 0.2) is 18.5 Å². The molecule has 4 nitrogen and oxygen atoms in total. The molecule has 2 aromatic heterocycles. The van der Waals surface area contributed by atoms with E-state index in [-0.39, 0.29) is 6.10 Å². The molecule has 1 fully saturated rings. The zero-order valence-electron chi connectivity index (χ0n) is 17.4. The van der Waals surface area contributed by atoms with Gasteiger partial charge < -0.3 is 9.47 Å². The molecule has 0 amide bonds. The van der Waals surface area contributed by atoms with E-state index in [2.05, 4.69) is 57.8 Å². The molecule has 1 aliphatic heterocycles. The number of nitrogens with zero attached hydrogens (tertiary/aromatic N) is 2. The summed E-state index contributed by atoms with van der Waals surface area (Å²) in [5, 5.41) is 3.31. The highest BCUT2D eigenvalue weighted by molar-refractivity contribution is 8.33. The number of hydrogen-bond acceptors (Lipinski definition) is 3. The molecule has 1 aliphatic rings. The van der Waals surface area contributed by atoms with E-state index in [0.29, 0.717) is 26.5 Å². The fourth-order valence-corrected chi connectivity index (χ4v) is 10.2. The van der Waals surface area contributed by atoms with Crippen LogP contribution in [0.4, 0.5) is 0 Å². The Bertz CT molecular complexity index is 760. The maximum atomic E-state index is 6.76. The predicted octanol–water partition coefficient (Wildman–Crippen LogP) is 6.04. The normalized spacial score (nSPS) is 17.4. The Balaban J connectivity index is 2.05. The lowest BCUT2D eigenvalue weighted by Gasteiger charge is -2.52. The summed E-state index contributed by atoms with van der Waals surface area (Å²) < 4.78 is 14.0. The first-order chi connectivity index (χ1) is 12.8. The second-order valence-electron chi connectivity index (χ2n) is 8.12. The number of hydrogen-bond donors (Lipinski definition) is 0. The molecule has 0 N–H and O–H groups in total. The van der Waals surface area contributed by atoms with Crippen molar-refractivity contribution in [3.8, 4) is 5.75 Å². The van der Waals surface area contributed by atoms with E-state index in [9.17, 15) is 0 Å². The summed E-state index contributed by atoms with van der Waals surface area (Å²) >= 11 is 6.76. The van der Waals surface area contributed by atoms with Crippen molar-refractivity contribution >= 4 is 32.8 Å². The Labute approximate surface area is 170 Å². The number of pyridine rings is 1. The SMILES string of the molecule is CC(C)S(C(C)C)(C(C)C)n1ccc2c(Cl)c(OC3CCOCC3)cnc21. The molecule has 1 saturated heterocycles. The van der Waals surface area contributed by atoms with Gasteiger partial charge >= 0.3 is 0 Å². The van der Waals surface area contributed by atoms with E-state index in [4.69, 9.17) is 26.1 Å². The lowest BCUT2D eigenvalue weighted by atomic mass is 10.1. The van der Waals surface area contributed by atoms with Gasteiger partial charge in [-0.2, -0.15) is 10.2 Å². The molecule has 3 heterocycles. The second-order valence-corrected chi connectivity index (χ2v) is 13.2. The number of fused-ring (bicyclic) bond motifs is 1. The molecule has 0 bridgehead atoms. The van der Waals surface area contributed by atoms with Crippen molar-refractivity contribution in [1.29, 1.82) is 0 Å². The molecule has 0 atom stereocenters. The van der Waals surface area contributed by atoms with Crippen molar-refractivity contribution in [2.75, 3.05) is 13.2 Å². The van der Waals surface area contributed by atoms with Gasteiger partial charge in [0.1, 0.15) is 11.8 Å². The molecule has 0 aliphatic carbocycles. The van der Waals surface area contributed by atoms with E-state index in [1.807, 2.05) is 6.20 Å². The zero-order valence-corrected chi connectivity index (χ0v) is 18.9. The maximum Gasteiger partial charge on any atom is 0.157 e. The first-order valence-corrected chi connectivity index (χ1v) is 12.2. The first-order valence-electron chi connectivity index (χ1n) is 10.0. The molecular formula is C21H33ClN2O2S. The third-order valence-electron chi connectivity index (χ3n) is 5.65. The van der Waals surface area contributed by atoms with E-state index >= 15 is 0 Å². The van der Waals surface area contributed by atoms with Crippen LogP contribution in [0.2, 0.25) is 5.02 Å². The highest BCUT2D eigenvalue weighted by atomic mass is 35.5. The summed E-state index contributed by atoms with van der Waals surface area (Å²) in [4.78, 5) is 4.82. The number of aromatic nitrogens is 2. The molecule has 0 saturated carbocycles. The highest BCUT2D eigenvalue weighted by Crippen LogP contribution is 2.62. The summed E-state index contributed by atoms with van der Waals surface area (Å²) in [6.45, 7) is 15.5. The van der Waals surface area contributed by atoms with Crippen molar-refractivity contribution in [2.45, 2.75) is 76.2 Å². The van der Waals surface area contributed by atoms with Crippen LogP contribution in [0.25, 0.3) is 11.0 Å². The molecule has 6 heteroatoms. The van der Waals surface area contributed by atoms with Crippen molar-refractivity contribution in [3.05, 3.63) is 23.5 Å². The minimum atomic E-state index is -1.13. The van der Waals surface area contributed by atoms with Gasteiger partial charge in [0, 0.05) is 40.2 Å². The molecule has 0 unspecified atom stereocenters. The number of halogens is 1. The molecule has 152 valence electrons. The number of rotatable bonds is 6. The van der Waals surface area contributed by atoms with Gasteiger partial charge in [0.05, 0.1) is 24.4 Å². The average Bonchev–Trinajstić information content (AvgIpc) is 3.03. The van der Waals surface area contributed by atoms with Gasteiger partial charge in [-0.3, -0.25) is 3.97 Å². The Kier molecular flexibility index (Phi) is 6.34. The van der Waals surface area contributed by atoms with Crippen molar-refractivity contribution in [2.24, 2.45) is 0 Å². The predicted molar refractivity (Wildman–Crippen MR) is 118 cm³/mol. The standard InChI is InChI=1S/C21H33ClN2O2S/c1-14(2)27(15(3)4,16(5)6)24-10-7-18-20(22)19(13-23-21(18)24)26-17-8-11-25-12-9-17/h7,10,13-17H,8-9,11-12H2,1-6H3. The molecule has 0 spiro atoms. The van der Waals surface area contributed by atoms with Crippen LogP contribution < -0.4 is 4.74 Å². The van der Waals surface area contributed by atoms with E-state index < -0.39 is 10.2 Å². The fourth-order valence-electron chi connectivity index (χ4n) is 4.64. The van der Waals surface area contributed by atoms with Gasteiger partial charge in [-0.15, -0.1) is 0 Å². The average molecular weight is 413 g/mol. The molecule has 3 rings (SSSR count). The third-order valence-corrected chi connectivity index (χ3v) is 11.5. The Morgan fingerprint density at radius 3 is 2.26 bits per heavy atom. The topological polar surface area (TPSA) is 36.3 Å². The van der Waals surface area contributed by atoms with E-state index in [1.54, 1.807) is 0 Å². The summed E-state index contributed by atoms with van der Waals surface area (Å²) in [5.41, 5.74) is 0.977. The van der Waals surface area contributed by atoms with Crippen LogP contribution in [0.3, 0.4) is 0 Å². The quantitative estimate of drug-likeness (QED) is 0.580. The van der Waals surface area contributed by atoms with Crippen molar-refractivity contribution < 1.29 is 9.47 Å². The van der Waals surface area contributed by atoms with Gasteiger partial charge in [0.25, 0.3) is 0 Å². The maximum absolute atomic E-state index is 6.76. The van der Waals surface area contributed by atoms with Crippen molar-refractivity contribution in [1.82, 2.24) is 8.96 Å². The lowest BCUT2D eigenvalue weighted by molar-refractivity contribution is 0.0255. The van der Waals surface area contributed by atoms with Gasteiger partial charge in [-0.05, 0) is 6.07 Å². The number of ether oxygens (including phenoxy) is 2. The second kappa shape index (κ2) is 8.22. The molecule has 0 aromatic carbocycles. The summed E-state index contributed by atoms with van der Waals surface area (Å²) in [7, 11) is -1.13. The van der Waals surface area contributed by atoms with Gasteiger partial charge in [0.15, 0.2) is 5.75 Å². The van der Waals surface area contributed by atoms with Gasteiger partial charge in [-0.25, -0.2) is 4.98 Å². The zero-order chi connectivity index (χ0) is 19.8. The largest absolute Gasteiger partial charge is 0.487 e. The molecule has 0 radical (unpaired) electrons. The van der Waals surface area contributed by atoms with Crippen molar-refractivity contribution in [3.63, 3.8) is 0 Å². The van der Waals surface area contributed by atoms with E-state index in [1.165, 1.54) is 0 Å². The molecule has 2 aromatic rings. The first kappa shape index (κ1) is 20.8. The molecular weight excluding hydrogens is 380 g/mol. The van der Waals surface area contributed by atoms with Gasteiger partial charge in [-0.1, -0.05) is 53.1 Å². The molecule has 27 heavy (non-hydrogen) atoms. The Morgan fingerprint density at radius 2 is 1.70 bits per heavy atom. The minimum absolute atomic E-state index is 0.157. The van der Waals surface area contributed by atoms with Crippen LogP contribution in [-0.4, -0.2) is 44.0 Å². The Hall–Kier alpha value is -0.910. The fraction of sp³-hybridized carbons (Fsp3) is 0.667. The van der Waals surface area contributed by atoms with Gasteiger partial charge in [0.2, 0.25) is 0 Å². The van der Waals surface area contributed by atoms with Crippen LogP contribution in [0.5, 0.6) is 5.75 Å². The third kappa shape index (κ3) is 3.58. The van der Waals surface area contributed by atoms with Crippen LogP contribution >= 0.6 is 21.8 Å². The Morgan fingerprint density at radius 1 is 1.11 bits per heavy atom. The van der Waals surface area contributed by atoms with E-state index in [0.717, 1.165) is 37.1 Å². The summed E-state index contributed by atoms with van der Waals surface area (Å²) in [6.07, 6.45) is 5.95. The lowest BCUT2D eigenvalue weighted by Crippen LogP contribution is -2.34. The van der Waals surface area contributed by atoms with Crippen LogP contribution in [0, 0.1) is 0 Å². The van der Waals surface area contributed by atoms with Crippen LogP contribution in [0.1, 0.15) is 54.4 Å². The van der Waals surface area contributed by atoms with Crippen LogP contribution in [-0.2, 0) is 4.74 Å². The smallest absolute Gasteiger partial charge is 0.157 e. The minimum Gasteiger partial charge on any atom is -0.487 e. The summed E-state index contributed by atoms with van der Waals surface area (Å²) in [5.74, 6) is 0.688. The monoisotopic (exact) mass is 412 g/mol. The summed E-state index contributed by atoms with van der Waals surface area (Å²) in [6, 6.07) is 2.11. The highest BCUT2D eigenvalue weighted by Gasteiger charge is 2.37.